The van der Waals surface area contributed by atoms with Crippen LogP contribution in [0, 0.1) is 0 Å². The van der Waals surface area contributed by atoms with Crippen molar-refractivity contribution in [1.29, 1.82) is 0 Å². The van der Waals surface area contributed by atoms with Crippen molar-refractivity contribution in [3.63, 3.8) is 0 Å². The maximum Gasteiger partial charge on any atom is 0.249 e. The molecule has 5 N–H and O–H groups in total. The molecular formula is C26H21N5O2. The van der Waals surface area contributed by atoms with Gasteiger partial charge in [0.05, 0.1) is 6.42 Å². The minimum Gasteiger partial charge on any atom is -0.366 e. The van der Waals surface area contributed by atoms with Crippen LogP contribution in [0.5, 0.6) is 0 Å². The second-order valence-corrected chi connectivity index (χ2v) is 7.71. The highest BCUT2D eigenvalue weighted by Gasteiger charge is 2.13. The smallest absolute Gasteiger partial charge is 0.249 e. The molecule has 0 aliphatic rings. The molecule has 7 nitrogen and oxygen atoms in total. The molecule has 162 valence electrons. The molecular weight excluding hydrogens is 414 g/mol. The van der Waals surface area contributed by atoms with E-state index in [9.17, 15) is 9.59 Å². The predicted octanol–water partition coefficient (Wildman–Crippen LogP) is 4.25. The number of pyridine rings is 1. The molecule has 0 aliphatic heterocycles. The standard InChI is InChI=1S/C26H21N5O2/c27-25(33)21(16-6-2-1-3-7-16)12-17-15-29-26-20(17)10-11-23(31-26)30-24(32)13-18-14-28-22-9-5-4-8-19(18)22/h1-12,14-15,28H,13H2,(H2,27,33)(H2,29,30,31,32)/b21-12+. The molecule has 0 aliphatic carbocycles. The van der Waals surface area contributed by atoms with Crippen LogP contribution in [-0.2, 0) is 16.0 Å². The number of hydrogen-bond acceptors (Lipinski definition) is 3. The van der Waals surface area contributed by atoms with Crippen LogP contribution in [0.3, 0.4) is 0 Å². The zero-order valence-corrected chi connectivity index (χ0v) is 17.6. The van der Waals surface area contributed by atoms with Gasteiger partial charge in [0.15, 0.2) is 0 Å². The zero-order chi connectivity index (χ0) is 22.8. The molecule has 0 unspecified atom stereocenters. The second kappa shape index (κ2) is 8.47. The number of rotatable bonds is 6. The Hall–Kier alpha value is -4.65. The Balaban J connectivity index is 1.38. The van der Waals surface area contributed by atoms with Gasteiger partial charge in [-0.3, -0.25) is 9.59 Å². The van der Waals surface area contributed by atoms with Crippen LogP contribution < -0.4 is 11.1 Å². The van der Waals surface area contributed by atoms with E-state index in [1.807, 2.05) is 66.9 Å². The Kier molecular flexibility index (Phi) is 5.20. The van der Waals surface area contributed by atoms with Gasteiger partial charge < -0.3 is 21.0 Å². The molecule has 2 amide bonds. The number of carbonyl (C=O) groups excluding carboxylic acids is 2. The van der Waals surface area contributed by atoms with E-state index in [1.54, 1.807) is 18.3 Å². The molecule has 3 aromatic heterocycles. The van der Waals surface area contributed by atoms with Crippen molar-refractivity contribution in [3.8, 4) is 0 Å². The minimum atomic E-state index is -0.510. The number of benzene rings is 2. The largest absolute Gasteiger partial charge is 0.366 e. The fourth-order valence-electron chi connectivity index (χ4n) is 3.92. The van der Waals surface area contributed by atoms with Crippen LogP contribution >= 0.6 is 0 Å². The van der Waals surface area contributed by atoms with Crippen LogP contribution in [0.1, 0.15) is 16.7 Å². The first-order valence-corrected chi connectivity index (χ1v) is 10.5. The van der Waals surface area contributed by atoms with Gasteiger partial charge in [-0.2, -0.15) is 0 Å². The van der Waals surface area contributed by atoms with E-state index in [0.29, 0.717) is 17.0 Å². The Morgan fingerprint density at radius 3 is 2.52 bits per heavy atom. The number of anilines is 1. The third-order valence-electron chi connectivity index (χ3n) is 5.51. The monoisotopic (exact) mass is 435 g/mol. The summed E-state index contributed by atoms with van der Waals surface area (Å²) in [5.41, 5.74) is 10.1. The van der Waals surface area contributed by atoms with E-state index in [1.165, 1.54) is 0 Å². The van der Waals surface area contributed by atoms with Crippen molar-refractivity contribution in [2.45, 2.75) is 6.42 Å². The van der Waals surface area contributed by atoms with Crippen molar-refractivity contribution >= 4 is 51.2 Å². The Labute approximate surface area is 189 Å². The van der Waals surface area contributed by atoms with Crippen LogP contribution in [0.4, 0.5) is 5.82 Å². The van der Waals surface area contributed by atoms with Crippen LogP contribution in [-0.4, -0.2) is 26.8 Å². The lowest BCUT2D eigenvalue weighted by molar-refractivity contribution is -0.115. The summed E-state index contributed by atoms with van der Waals surface area (Å²) >= 11 is 0. The van der Waals surface area contributed by atoms with Gasteiger partial charge in [-0.15, -0.1) is 0 Å². The molecule has 33 heavy (non-hydrogen) atoms. The van der Waals surface area contributed by atoms with E-state index in [4.69, 9.17) is 5.73 Å². The highest BCUT2D eigenvalue weighted by atomic mass is 16.2. The number of nitrogens with one attached hydrogen (secondary N) is 3. The number of carbonyl (C=O) groups is 2. The molecule has 0 fully saturated rings. The van der Waals surface area contributed by atoms with E-state index < -0.39 is 5.91 Å². The van der Waals surface area contributed by atoms with Gasteiger partial charge in [-0.05, 0) is 35.4 Å². The molecule has 5 aromatic rings. The van der Waals surface area contributed by atoms with Crippen LogP contribution in [0.2, 0.25) is 0 Å². The van der Waals surface area contributed by atoms with E-state index in [0.717, 1.165) is 33.0 Å². The van der Waals surface area contributed by atoms with Gasteiger partial charge in [0.2, 0.25) is 11.8 Å². The van der Waals surface area contributed by atoms with Gasteiger partial charge in [-0.1, -0.05) is 48.5 Å². The number of aromatic amines is 2. The SMILES string of the molecule is NC(=O)/C(=C/c1c[nH]c2nc(NC(=O)Cc3c[nH]c4ccccc34)ccc12)c1ccccc1. The summed E-state index contributed by atoms with van der Waals surface area (Å²) in [5, 5.41) is 4.70. The molecule has 3 heterocycles. The maximum absolute atomic E-state index is 12.6. The topological polar surface area (TPSA) is 117 Å². The van der Waals surface area contributed by atoms with E-state index in [-0.39, 0.29) is 12.3 Å². The van der Waals surface area contributed by atoms with E-state index >= 15 is 0 Å². The van der Waals surface area contributed by atoms with Gasteiger partial charge in [-0.25, -0.2) is 4.98 Å². The average Bonchev–Trinajstić information content (AvgIpc) is 3.41. The third-order valence-corrected chi connectivity index (χ3v) is 5.51. The van der Waals surface area contributed by atoms with Crippen LogP contribution in [0.25, 0.3) is 33.6 Å². The Morgan fingerprint density at radius 1 is 0.909 bits per heavy atom. The molecule has 0 spiro atoms. The van der Waals surface area contributed by atoms with Crippen molar-refractivity contribution in [3.05, 3.63) is 95.8 Å². The summed E-state index contributed by atoms with van der Waals surface area (Å²) in [4.78, 5) is 35.4. The Morgan fingerprint density at radius 2 is 1.70 bits per heavy atom. The number of nitrogens with zero attached hydrogens (tertiary/aromatic N) is 1. The van der Waals surface area contributed by atoms with Crippen LogP contribution in [0.15, 0.2) is 79.1 Å². The fourth-order valence-corrected chi connectivity index (χ4v) is 3.92. The number of amides is 2. The molecule has 0 saturated heterocycles. The quantitative estimate of drug-likeness (QED) is 0.299. The zero-order valence-electron chi connectivity index (χ0n) is 17.6. The van der Waals surface area contributed by atoms with Gasteiger partial charge in [0.1, 0.15) is 11.5 Å². The molecule has 0 saturated carbocycles. The number of para-hydroxylation sites is 1. The number of hydrogen-bond donors (Lipinski definition) is 4. The number of nitrogens with two attached hydrogens (primary N) is 1. The molecule has 2 aromatic carbocycles. The molecule has 0 radical (unpaired) electrons. The molecule has 0 atom stereocenters. The lowest BCUT2D eigenvalue weighted by Gasteiger charge is -2.05. The lowest BCUT2D eigenvalue weighted by Crippen LogP contribution is -2.15. The first kappa shape index (κ1) is 20.3. The van der Waals surface area contributed by atoms with Crippen molar-refractivity contribution < 1.29 is 9.59 Å². The number of primary amides is 1. The van der Waals surface area contributed by atoms with E-state index in [2.05, 4.69) is 20.3 Å². The summed E-state index contributed by atoms with van der Waals surface area (Å²) in [6.45, 7) is 0. The maximum atomic E-state index is 12.6. The van der Waals surface area contributed by atoms with Crippen molar-refractivity contribution in [2.75, 3.05) is 5.32 Å². The fraction of sp³-hybridized carbons (Fsp3) is 0.0385. The average molecular weight is 435 g/mol. The number of fused-ring (bicyclic) bond motifs is 2. The highest BCUT2D eigenvalue weighted by molar-refractivity contribution is 6.24. The first-order valence-electron chi connectivity index (χ1n) is 10.5. The number of aromatic nitrogens is 3. The first-order chi connectivity index (χ1) is 16.1. The normalized spacial score (nSPS) is 11.7. The second-order valence-electron chi connectivity index (χ2n) is 7.71. The highest BCUT2D eigenvalue weighted by Crippen LogP contribution is 2.25. The summed E-state index contributed by atoms with van der Waals surface area (Å²) in [6, 6.07) is 20.7. The summed E-state index contributed by atoms with van der Waals surface area (Å²) < 4.78 is 0. The molecule has 7 heteroatoms. The summed E-state index contributed by atoms with van der Waals surface area (Å²) in [5.74, 6) is -0.217. The third kappa shape index (κ3) is 4.12. The van der Waals surface area contributed by atoms with Crippen molar-refractivity contribution in [2.24, 2.45) is 5.73 Å². The van der Waals surface area contributed by atoms with Gasteiger partial charge in [0, 0.05) is 39.8 Å². The van der Waals surface area contributed by atoms with Gasteiger partial charge >= 0.3 is 0 Å². The molecule has 5 rings (SSSR count). The lowest BCUT2D eigenvalue weighted by atomic mass is 10.0. The Bertz CT molecular complexity index is 1510. The van der Waals surface area contributed by atoms with Crippen molar-refractivity contribution in [1.82, 2.24) is 15.0 Å². The number of H-pyrrole nitrogens is 2. The predicted molar refractivity (Wildman–Crippen MR) is 130 cm³/mol. The molecule has 0 bridgehead atoms. The minimum absolute atomic E-state index is 0.154. The van der Waals surface area contributed by atoms with Gasteiger partial charge in [0.25, 0.3) is 0 Å². The summed E-state index contributed by atoms with van der Waals surface area (Å²) in [6.07, 6.45) is 5.60. The summed E-state index contributed by atoms with van der Waals surface area (Å²) in [7, 11) is 0.